The second-order valence-corrected chi connectivity index (χ2v) is 25.9. The van der Waals surface area contributed by atoms with Crippen molar-refractivity contribution in [1.29, 1.82) is 0 Å². The summed E-state index contributed by atoms with van der Waals surface area (Å²) >= 11 is 0. The zero-order chi connectivity index (χ0) is 55.1. The zero-order valence-electron chi connectivity index (χ0n) is 55.1. The molecule has 1 atom stereocenters. The molecule has 0 amide bonds. The van der Waals surface area contributed by atoms with Crippen LogP contribution in [0.4, 0.5) is 0 Å². The topological polar surface area (TPSA) is 0 Å². The molecule has 0 nitrogen and oxygen atoms in total. The molecular weight excluding hydrogens is 841 g/mol. The first kappa shape index (κ1) is 84.0. The largest absolute Gasteiger partial charge is 0.0654 e. The lowest BCUT2D eigenvalue weighted by Crippen LogP contribution is -2.03. The van der Waals surface area contributed by atoms with Gasteiger partial charge in [0.15, 0.2) is 0 Å². The van der Waals surface area contributed by atoms with Crippen LogP contribution in [0.2, 0.25) is 0 Å². The molecule has 0 spiro atoms. The molecular formula is C70H154. The summed E-state index contributed by atoms with van der Waals surface area (Å²) in [5, 5.41) is 0. The third kappa shape index (κ3) is 117. The molecule has 70 heavy (non-hydrogen) atoms. The Morgan fingerprint density at radius 1 is 0.171 bits per heavy atom. The SMILES string of the molecule is CC(C)C.CC(C)C(C)C.CCCC(C)C.CCCCCCC(C)C.CCCCCCCCC(C)C(C)C.CCCCCCCCCCC(C)C.CCCCCCCCCCCCCCCCC(C)C. The van der Waals surface area contributed by atoms with Crippen LogP contribution >= 0.6 is 0 Å². The van der Waals surface area contributed by atoms with Gasteiger partial charge in [-0.25, -0.2) is 0 Å². The van der Waals surface area contributed by atoms with Crippen LogP contribution in [0.15, 0.2) is 0 Å². The molecule has 0 saturated carbocycles. The van der Waals surface area contributed by atoms with Crippen LogP contribution in [0, 0.1) is 53.3 Å². The van der Waals surface area contributed by atoms with E-state index in [0.717, 1.165) is 53.3 Å². The summed E-state index contributed by atoms with van der Waals surface area (Å²) < 4.78 is 0. The average Bonchev–Trinajstić information content (AvgIpc) is 3.28. The Balaban J connectivity index is -0.000000139. The molecule has 0 aromatic carbocycles. The highest BCUT2D eigenvalue weighted by molar-refractivity contribution is 4.58. The van der Waals surface area contributed by atoms with Crippen LogP contribution in [0.5, 0.6) is 0 Å². The minimum Gasteiger partial charge on any atom is -0.0654 e. The summed E-state index contributed by atoms with van der Waals surface area (Å²) in [7, 11) is 0. The molecule has 0 fully saturated rings. The fourth-order valence-electron chi connectivity index (χ4n) is 7.57. The molecule has 0 aliphatic heterocycles. The lowest BCUT2D eigenvalue weighted by Gasteiger charge is -2.14. The van der Waals surface area contributed by atoms with E-state index >= 15 is 0 Å². The number of hydrogen-bond donors (Lipinski definition) is 0. The van der Waals surface area contributed by atoms with Crippen molar-refractivity contribution in [3.05, 3.63) is 0 Å². The van der Waals surface area contributed by atoms with Gasteiger partial charge in [0.05, 0.1) is 0 Å². The van der Waals surface area contributed by atoms with E-state index in [1.165, 1.54) is 244 Å². The van der Waals surface area contributed by atoms with Gasteiger partial charge >= 0.3 is 0 Å². The van der Waals surface area contributed by atoms with Crippen LogP contribution in [0.1, 0.15) is 403 Å². The lowest BCUT2D eigenvalue weighted by atomic mass is 9.92. The van der Waals surface area contributed by atoms with Crippen molar-refractivity contribution in [3.8, 4) is 0 Å². The predicted molar refractivity (Wildman–Crippen MR) is 337 cm³/mol. The van der Waals surface area contributed by atoms with E-state index in [1.54, 1.807) is 0 Å². The minimum atomic E-state index is 0.833. The normalized spacial score (nSPS) is 11.4. The highest BCUT2D eigenvalue weighted by atomic mass is 14.1. The van der Waals surface area contributed by atoms with Crippen molar-refractivity contribution >= 4 is 0 Å². The average molecular weight is 996 g/mol. The highest BCUT2D eigenvalue weighted by Crippen LogP contribution is 2.19. The summed E-state index contributed by atoms with van der Waals surface area (Å²) in [6.45, 7) is 52.3. The first-order chi connectivity index (χ1) is 33.1. The van der Waals surface area contributed by atoms with E-state index in [1.807, 2.05) is 0 Å². The van der Waals surface area contributed by atoms with Crippen LogP contribution in [0.3, 0.4) is 0 Å². The van der Waals surface area contributed by atoms with Gasteiger partial charge < -0.3 is 0 Å². The predicted octanol–water partition coefficient (Wildman–Crippen LogP) is 27.7. The molecule has 0 aromatic rings. The molecule has 0 N–H and O–H groups in total. The highest BCUT2D eigenvalue weighted by Gasteiger charge is 2.06. The van der Waals surface area contributed by atoms with Crippen molar-refractivity contribution in [2.45, 2.75) is 403 Å². The van der Waals surface area contributed by atoms with Gasteiger partial charge in [0, 0.05) is 0 Å². The van der Waals surface area contributed by atoms with E-state index in [2.05, 4.69) is 159 Å². The third-order valence-corrected chi connectivity index (χ3v) is 13.8. The molecule has 0 heteroatoms. The molecule has 0 aliphatic rings. The Kier molecular flexibility index (Phi) is 90.6. The fourth-order valence-corrected chi connectivity index (χ4v) is 7.57. The van der Waals surface area contributed by atoms with Gasteiger partial charge in [0.2, 0.25) is 0 Å². The van der Waals surface area contributed by atoms with Crippen molar-refractivity contribution in [2.24, 2.45) is 53.3 Å². The number of hydrogen-bond acceptors (Lipinski definition) is 0. The van der Waals surface area contributed by atoms with Gasteiger partial charge in [-0.15, -0.1) is 0 Å². The van der Waals surface area contributed by atoms with Gasteiger partial charge in [-0.05, 0) is 53.3 Å². The maximum atomic E-state index is 2.39. The maximum absolute atomic E-state index is 2.39. The Bertz CT molecular complexity index is 758. The summed E-state index contributed by atoms with van der Waals surface area (Å²) in [6, 6.07) is 0. The maximum Gasteiger partial charge on any atom is -0.0420 e. The van der Waals surface area contributed by atoms with E-state index < -0.39 is 0 Å². The molecule has 0 rings (SSSR count). The third-order valence-electron chi connectivity index (χ3n) is 13.8. The summed E-state index contributed by atoms with van der Waals surface area (Å²) in [4.78, 5) is 0. The molecule has 0 saturated heterocycles. The zero-order valence-corrected chi connectivity index (χ0v) is 55.1. The van der Waals surface area contributed by atoms with Crippen molar-refractivity contribution in [3.63, 3.8) is 0 Å². The second kappa shape index (κ2) is 75.5. The second-order valence-electron chi connectivity index (χ2n) is 25.9. The monoisotopic (exact) mass is 995 g/mol. The van der Waals surface area contributed by atoms with E-state index in [-0.39, 0.29) is 0 Å². The van der Waals surface area contributed by atoms with Crippen LogP contribution < -0.4 is 0 Å². The Hall–Kier alpha value is 0. The Labute approximate surface area is 454 Å². The van der Waals surface area contributed by atoms with E-state index in [0.29, 0.717) is 0 Å². The van der Waals surface area contributed by atoms with E-state index in [4.69, 9.17) is 0 Å². The van der Waals surface area contributed by atoms with Gasteiger partial charge in [0.1, 0.15) is 0 Å². The summed E-state index contributed by atoms with van der Waals surface area (Å²) in [5.41, 5.74) is 0. The van der Waals surface area contributed by atoms with Crippen LogP contribution in [0.25, 0.3) is 0 Å². The lowest BCUT2D eigenvalue weighted by molar-refractivity contribution is 0.374. The molecule has 0 radical (unpaired) electrons. The van der Waals surface area contributed by atoms with Crippen LogP contribution in [-0.4, -0.2) is 0 Å². The molecule has 0 bridgehead atoms. The molecule has 434 valence electrons. The smallest absolute Gasteiger partial charge is 0.0420 e. The minimum absolute atomic E-state index is 0.833. The standard InChI is InChI=1S/C19H40.2C13H28.C9H20.2C6H14.C4H10/c1-4-5-6-7-8-9-10-11-12-13-14-15-16-17-18-19(2)3;1-5-6-7-8-9-10-11-13(4)12(2)3;1-4-5-6-7-8-9-10-11-12-13(2)3;1-4-5-6-7-8-9(2)3;1-5(2)6(3)4;1-4-5-6(2)3;1-4(2)3/h19H,4-18H2,1-3H3;12-13H,5-11H2,1-4H3;13H,4-12H2,1-3H3;9H,4-8H2,1-3H3;5-6H,1-4H3;6H,4-5H2,1-3H3;4H,1-3H3. The van der Waals surface area contributed by atoms with Crippen molar-refractivity contribution in [1.82, 2.24) is 0 Å². The quantitative estimate of drug-likeness (QED) is 0.0537. The van der Waals surface area contributed by atoms with Gasteiger partial charge in [0.25, 0.3) is 0 Å². The van der Waals surface area contributed by atoms with Gasteiger partial charge in [-0.2, -0.15) is 0 Å². The van der Waals surface area contributed by atoms with E-state index in [9.17, 15) is 0 Å². The van der Waals surface area contributed by atoms with Crippen molar-refractivity contribution < 1.29 is 0 Å². The number of rotatable bonds is 40. The summed E-state index contributed by atoms with van der Waals surface area (Å²) in [5.74, 6) is 7.94. The molecule has 0 heterocycles. The van der Waals surface area contributed by atoms with Gasteiger partial charge in [-0.3, -0.25) is 0 Å². The molecule has 0 aromatic heterocycles. The van der Waals surface area contributed by atoms with Crippen LogP contribution in [-0.2, 0) is 0 Å². The Morgan fingerprint density at radius 3 is 0.486 bits per heavy atom. The first-order valence-corrected chi connectivity index (χ1v) is 33.1. The Morgan fingerprint density at radius 2 is 0.343 bits per heavy atom. The van der Waals surface area contributed by atoms with Crippen molar-refractivity contribution in [2.75, 3.05) is 0 Å². The molecule has 0 aliphatic carbocycles. The van der Waals surface area contributed by atoms with Gasteiger partial charge in [-0.1, -0.05) is 403 Å². The summed E-state index contributed by atoms with van der Waals surface area (Å²) in [6.07, 6.45) is 54.8. The molecule has 1 unspecified atom stereocenters. The first-order valence-electron chi connectivity index (χ1n) is 33.1. The fraction of sp³-hybridized carbons (Fsp3) is 1.00. The number of unbranched alkanes of at least 4 members (excludes halogenated alkanes) is 28.